The minimum atomic E-state index is -0.628. The molecule has 0 aromatic carbocycles. The molecule has 0 aliphatic heterocycles. The van der Waals surface area contributed by atoms with Crippen molar-refractivity contribution in [2.45, 2.75) is 90.6 Å². The van der Waals surface area contributed by atoms with Gasteiger partial charge in [-0.2, -0.15) is 5.43 Å². The molecule has 0 saturated carbocycles. The smallest absolute Gasteiger partial charge is 0.128 e. The minimum absolute atomic E-state index is 0.149. The first-order valence-corrected chi connectivity index (χ1v) is 9.98. The number of nitrogens with zero attached hydrogens (tertiary/aromatic N) is 1. The second kappa shape index (κ2) is 15.4. The molecule has 0 aromatic heterocycles. The molecule has 4 nitrogen and oxygen atoms in total. The summed E-state index contributed by atoms with van der Waals surface area (Å²) >= 11 is 0. The fraction of sp³-hybridized carbons (Fsp3) is 1.00. The molecule has 0 rings (SSSR count). The van der Waals surface area contributed by atoms with E-state index in [1.165, 1.54) is 64.2 Å². The number of aliphatic hydroxyl groups is 2. The summed E-state index contributed by atoms with van der Waals surface area (Å²) in [5.41, 5.74) is 3.38. The zero-order valence-electron chi connectivity index (χ0n) is 16.0. The summed E-state index contributed by atoms with van der Waals surface area (Å²) < 4.78 is 0.718. The van der Waals surface area contributed by atoms with Crippen molar-refractivity contribution in [3.8, 4) is 0 Å². The number of hydrogen-bond acceptors (Lipinski definition) is 3. The van der Waals surface area contributed by atoms with Crippen LogP contribution in [0, 0.1) is 0 Å². The molecule has 2 atom stereocenters. The fourth-order valence-electron chi connectivity index (χ4n) is 3.40. The normalized spacial score (nSPS) is 15.5. The van der Waals surface area contributed by atoms with E-state index in [0.717, 1.165) is 24.1 Å². The van der Waals surface area contributed by atoms with Gasteiger partial charge in [-0.1, -0.05) is 65.2 Å². The molecule has 0 aliphatic carbocycles. The van der Waals surface area contributed by atoms with Crippen LogP contribution in [-0.2, 0) is 0 Å². The molecule has 4 heteroatoms. The van der Waals surface area contributed by atoms with Gasteiger partial charge in [0.15, 0.2) is 0 Å². The Kier molecular flexibility index (Phi) is 15.3. The molecule has 3 N–H and O–H groups in total. The van der Waals surface area contributed by atoms with Crippen molar-refractivity contribution >= 4 is 0 Å². The predicted octanol–water partition coefficient (Wildman–Crippen LogP) is 3.62. The van der Waals surface area contributed by atoms with Gasteiger partial charge in [0.1, 0.15) is 12.6 Å². The molecule has 0 aromatic rings. The molecule has 0 bridgehead atoms. The lowest BCUT2D eigenvalue weighted by molar-refractivity contribution is -0.970. The second-order valence-electron chi connectivity index (χ2n) is 7.02. The number of nitrogens with one attached hydrogen (secondary N) is 1. The topological polar surface area (TPSA) is 52.5 Å². The average molecular weight is 332 g/mol. The SMILES string of the molecule is CCCCCCCCCCCC[N+](CCC)(CC(O)CO)NC. The summed E-state index contributed by atoms with van der Waals surface area (Å²) in [4.78, 5) is 0. The van der Waals surface area contributed by atoms with E-state index in [0.29, 0.717) is 6.54 Å². The van der Waals surface area contributed by atoms with Gasteiger partial charge >= 0.3 is 0 Å². The van der Waals surface area contributed by atoms with Gasteiger partial charge in [0.05, 0.1) is 19.7 Å². The summed E-state index contributed by atoms with van der Waals surface area (Å²) in [6.07, 6.45) is 13.9. The second-order valence-corrected chi connectivity index (χ2v) is 7.02. The third-order valence-electron chi connectivity index (χ3n) is 4.84. The Bertz CT molecular complexity index is 252. The number of hydrogen-bond donors (Lipinski definition) is 3. The molecule has 2 unspecified atom stereocenters. The number of rotatable bonds is 17. The molecular formula is C19H43N2O2+. The van der Waals surface area contributed by atoms with E-state index in [1.807, 2.05) is 7.05 Å². The number of aliphatic hydroxyl groups excluding tert-OH is 2. The average Bonchev–Trinajstić information content (AvgIpc) is 2.56. The van der Waals surface area contributed by atoms with Crippen LogP contribution >= 0.6 is 0 Å². The van der Waals surface area contributed by atoms with Gasteiger partial charge in [-0.05, 0) is 19.3 Å². The highest BCUT2D eigenvalue weighted by Gasteiger charge is 2.27. The highest BCUT2D eigenvalue weighted by atomic mass is 16.3. The van der Waals surface area contributed by atoms with Crippen LogP contribution in [0.1, 0.15) is 84.5 Å². The van der Waals surface area contributed by atoms with Crippen molar-refractivity contribution in [2.75, 3.05) is 33.3 Å². The zero-order chi connectivity index (χ0) is 17.4. The lowest BCUT2D eigenvalue weighted by Gasteiger charge is -2.38. The molecule has 140 valence electrons. The molecule has 0 fully saturated rings. The maximum Gasteiger partial charge on any atom is 0.128 e. The lowest BCUT2D eigenvalue weighted by atomic mass is 10.1. The molecule has 23 heavy (non-hydrogen) atoms. The van der Waals surface area contributed by atoms with Gasteiger partial charge in [-0.15, -0.1) is 0 Å². The molecule has 0 aliphatic rings. The van der Waals surface area contributed by atoms with E-state index in [1.54, 1.807) is 0 Å². The van der Waals surface area contributed by atoms with Gasteiger partial charge in [0.2, 0.25) is 0 Å². The summed E-state index contributed by atoms with van der Waals surface area (Å²) in [6.45, 7) is 6.93. The highest BCUT2D eigenvalue weighted by Crippen LogP contribution is 2.13. The van der Waals surface area contributed by atoms with Crippen LogP contribution in [-0.4, -0.2) is 54.2 Å². The Morgan fingerprint density at radius 1 is 0.783 bits per heavy atom. The van der Waals surface area contributed by atoms with Crippen molar-refractivity contribution in [3.63, 3.8) is 0 Å². The number of unbranched alkanes of at least 4 members (excludes halogenated alkanes) is 9. The van der Waals surface area contributed by atoms with E-state index in [4.69, 9.17) is 5.11 Å². The first-order chi connectivity index (χ1) is 11.1. The molecule has 0 radical (unpaired) electrons. The third-order valence-corrected chi connectivity index (χ3v) is 4.84. The van der Waals surface area contributed by atoms with Crippen LogP contribution in [0.2, 0.25) is 0 Å². The van der Waals surface area contributed by atoms with Gasteiger partial charge in [0, 0.05) is 7.05 Å². The molecule has 0 spiro atoms. The predicted molar refractivity (Wildman–Crippen MR) is 99.1 cm³/mol. The summed E-state index contributed by atoms with van der Waals surface area (Å²) in [7, 11) is 1.97. The summed E-state index contributed by atoms with van der Waals surface area (Å²) in [6, 6.07) is 0. The van der Waals surface area contributed by atoms with Crippen molar-refractivity contribution in [3.05, 3.63) is 0 Å². The van der Waals surface area contributed by atoms with E-state index in [2.05, 4.69) is 19.3 Å². The van der Waals surface area contributed by atoms with Crippen LogP contribution in [0.3, 0.4) is 0 Å². The summed E-state index contributed by atoms with van der Waals surface area (Å²) in [5, 5.41) is 18.9. The van der Waals surface area contributed by atoms with E-state index in [-0.39, 0.29) is 6.61 Å². The Morgan fingerprint density at radius 3 is 1.74 bits per heavy atom. The standard InChI is InChI=1S/C19H43N2O2/c1-4-6-7-8-9-10-11-12-13-14-16-21(20-3,15-5-2)17-19(23)18-22/h19-20,22-23H,4-18H2,1-3H3/q+1. The Morgan fingerprint density at radius 2 is 1.30 bits per heavy atom. The third kappa shape index (κ3) is 11.9. The molecule has 0 heterocycles. The van der Waals surface area contributed by atoms with E-state index >= 15 is 0 Å². The Labute approximate surface area is 144 Å². The monoisotopic (exact) mass is 331 g/mol. The fourth-order valence-corrected chi connectivity index (χ4v) is 3.40. The minimum Gasteiger partial charge on any atom is -0.393 e. The summed E-state index contributed by atoms with van der Waals surface area (Å²) in [5.74, 6) is 0. The quantitative estimate of drug-likeness (QED) is 0.217. The van der Waals surface area contributed by atoms with Crippen LogP contribution in [0.15, 0.2) is 0 Å². The van der Waals surface area contributed by atoms with Gasteiger partial charge in [-0.3, -0.25) is 0 Å². The van der Waals surface area contributed by atoms with Crippen molar-refractivity contribution in [1.29, 1.82) is 0 Å². The lowest BCUT2D eigenvalue weighted by Crippen LogP contribution is -2.61. The highest BCUT2D eigenvalue weighted by molar-refractivity contribution is 4.53. The van der Waals surface area contributed by atoms with Crippen molar-refractivity contribution in [1.82, 2.24) is 5.43 Å². The Balaban J connectivity index is 3.82. The van der Waals surface area contributed by atoms with Gasteiger partial charge in [0.25, 0.3) is 0 Å². The van der Waals surface area contributed by atoms with Crippen LogP contribution in [0.25, 0.3) is 0 Å². The van der Waals surface area contributed by atoms with Crippen molar-refractivity contribution in [2.24, 2.45) is 0 Å². The van der Waals surface area contributed by atoms with E-state index < -0.39 is 6.10 Å². The first-order valence-electron chi connectivity index (χ1n) is 9.98. The first kappa shape index (κ1) is 22.8. The zero-order valence-corrected chi connectivity index (χ0v) is 16.0. The number of quaternary nitrogens is 1. The Hall–Kier alpha value is -0.160. The molecule has 0 saturated heterocycles. The van der Waals surface area contributed by atoms with Crippen molar-refractivity contribution < 1.29 is 14.8 Å². The molecular weight excluding hydrogens is 288 g/mol. The van der Waals surface area contributed by atoms with E-state index in [9.17, 15) is 5.11 Å². The maximum atomic E-state index is 9.81. The van der Waals surface area contributed by atoms with Crippen LogP contribution in [0.4, 0.5) is 0 Å². The van der Waals surface area contributed by atoms with Gasteiger partial charge < -0.3 is 10.2 Å². The molecule has 0 amide bonds. The van der Waals surface area contributed by atoms with Crippen LogP contribution < -0.4 is 5.43 Å². The van der Waals surface area contributed by atoms with Gasteiger partial charge in [-0.25, -0.2) is 4.59 Å². The maximum absolute atomic E-state index is 9.81. The van der Waals surface area contributed by atoms with Crippen LogP contribution in [0.5, 0.6) is 0 Å². The largest absolute Gasteiger partial charge is 0.393 e.